The molecule has 1 saturated heterocycles. The van der Waals surface area contributed by atoms with Gasteiger partial charge in [0.25, 0.3) is 0 Å². The molecule has 1 fully saturated rings. The number of aromatic nitrogens is 3. The van der Waals surface area contributed by atoms with Crippen molar-refractivity contribution in [1.29, 1.82) is 0 Å². The Morgan fingerprint density at radius 2 is 1.57 bits per heavy atom. The quantitative estimate of drug-likeness (QED) is 0.341. The third-order valence-corrected chi connectivity index (χ3v) is 6.63. The molecule has 1 aliphatic heterocycles. The molecule has 2 aromatic heterocycles. The molecule has 35 heavy (non-hydrogen) atoms. The van der Waals surface area contributed by atoms with Crippen LogP contribution in [-0.2, 0) is 6.54 Å². The molecule has 0 saturated carbocycles. The van der Waals surface area contributed by atoms with Crippen LogP contribution < -0.4 is 10.2 Å². The molecule has 0 bridgehead atoms. The molecule has 0 radical (unpaired) electrons. The van der Waals surface area contributed by atoms with Gasteiger partial charge in [-0.3, -0.25) is 4.90 Å². The lowest BCUT2D eigenvalue weighted by molar-refractivity contribution is 0.250. The maximum atomic E-state index is 4.84. The molecule has 3 aromatic carbocycles. The molecule has 2 N–H and O–H groups in total. The van der Waals surface area contributed by atoms with E-state index in [9.17, 15) is 0 Å². The van der Waals surface area contributed by atoms with E-state index in [1.165, 1.54) is 11.3 Å². The van der Waals surface area contributed by atoms with Crippen molar-refractivity contribution in [3.05, 3.63) is 103 Å². The number of hydrogen-bond acceptors (Lipinski definition) is 5. The molecule has 5 aromatic rings. The van der Waals surface area contributed by atoms with Crippen molar-refractivity contribution in [3.8, 4) is 11.3 Å². The molecule has 0 spiro atoms. The van der Waals surface area contributed by atoms with Crippen LogP contribution in [0.2, 0.25) is 0 Å². The number of aromatic amines is 1. The summed E-state index contributed by atoms with van der Waals surface area (Å²) in [5.41, 5.74) is 6.66. The number of fused-ring (bicyclic) bond motifs is 1. The second kappa shape index (κ2) is 9.60. The summed E-state index contributed by atoms with van der Waals surface area (Å²) in [7, 11) is 0. The van der Waals surface area contributed by atoms with Crippen LogP contribution in [0, 0.1) is 0 Å². The second-order valence-electron chi connectivity index (χ2n) is 8.90. The average molecular weight is 461 g/mol. The van der Waals surface area contributed by atoms with E-state index < -0.39 is 0 Å². The normalized spacial score (nSPS) is 14.3. The highest BCUT2D eigenvalue weighted by Crippen LogP contribution is 2.31. The predicted molar refractivity (Wildman–Crippen MR) is 143 cm³/mol. The highest BCUT2D eigenvalue weighted by Gasteiger charge is 2.19. The third kappa shape index (κ3) is 4.61. The van der Waals surface area contributed by atoms with Gasteiger partial charge in [-0.15, -0.1) is 0 Å². The summed E-state index contributed by atoms with van der Waals surface area (Å²) in [6.07, 6.45) is 3.83. The van der Waals surface area contributed by atoms with Gasteiger partial charge in [0.2, 0.25) is 5.95 Å². The van der Waals surface area contributed by atoms with Crippen LogP contribution in [0.3, 0.4) is 0 Å². The molecular formula is C29H28N6. The molecule has 0 amide bonds. The Morgan fingerprint density at radius 1 is 0.800 bits per heavy atom. The van der Waals surface area contributed by atoms with Crippen molar-refractivity contribution in [1.82, 2.24) is 19.9 Å². The molecule has 6 nitrogen and oxygen atoms in total. The van der Waals surface area contributed by atoms with Gasteiger partial charge in [0.1, 0.15) is 0 Å². The number of nitrogens with zero attached hydrogens (tertiary/aromatic N) is 4. The van der Waals surface area contributed by atoms with Crippen LogP contribution in [0.1, 0.15) is 5.56 Å². The van der Waals surface area contributed by atoms with Crippen LogP contribution in [-0.4, -0.2) is 46.0 Å². The topological polar surface area (TPSA) is 60.1 Å². The standard InChI is InChI=1S/C29H28N6/c1-2-8-22(9-3-1)21-34-16-18-35(19-17-34)28-13-7-6-12-27(28)33-29-30-15-14-26(32-29)24-20-31-25-11-5-4-10-23(24)25/h1-15,20,31H,16-19,21H2,(H,30,32,33). The van der Waals surface area contributed by atoms with Crippen molar-refractivity contribution < 1.29 is 0 Å². The fourth-order valence-corrected chi connectivity index (χ4v) is 4.82. The number of hydrogen-bond donors (Lipinski definition) is 2. The molecule has 174 valence electrons. The first-order valence-corrected chi connectivity index (χ1v) is 12.1. The predicted octanol–water partition coefficient (Wildman–Crippen LogP) is 5.69. The molecule has 0 aliphatic carbocycles. The van der Waals surface area contributed by atoms with E-state index in [0.29, 0.717) is 5.95 Å². The number of anilines is 3. The highest BCUT2D eigenvalue weighted by molar-refractivity contribution is 5.94. The Hall–Kier alpha value is -4.16. The van der Waals surface area contributed by atoms with Crippen molar-refractivity contribution in [2.45, 2.75) is 6.54 Å². The zero-order valence-electron chi connectivity index (χ0n) is 19.6. The largest absolute Gasteiger partial charge is 0.367 e. The second-order valence-corrected chi connectivity index (χ2v) is 8.90. The Labute approximate surface area is 205 Å². The number of piperazine rings is 1. The maximum absolute atomic E-state index is 4.84. The van der Waals surface area contributed by atoms with Crippen molar-refractivity contribution in [3.63, 3.8) is 0 Å². The Balaban J connectivity index is 1.18. The molecular weight excluding hydrogens is 432 g/mol. The maximum Gasteiger partial charge on any atom is 0.227 e. The van der Waals surface area contributed by atoms with E-state index >= 15 is 0 Å². The summed E-state index contributed by atoms with van der Waals surface area (Å²) in [6, 6.07) is 29.4. The van der Waals surface area contributed by atoms with Gasteiger partial charge in [-0.05, 0) is 29.8 Å². The lowest BCUT2D eigenvalue weighted by Crippen LogP contribution is -2.46. The number of rotatable bonds is 6. The minimum absolute atomic E-state index is 0.600. The zero-order chi connectivity index (χ0) is 23.5. The fourth-order valence-electron chi connectivity index (χ4n) is 4.82. The Kier molecular flexibility index (Phi) is 5.87. The van der Waals surface area contributed by atoms with Gasteiger partial charge in [-0.2, -0.15) is 0 Å². The molecule has 1 aliphatic rings. The molecule has 6 rings (SSSR count). The van der Waals surface area contributed by atoms with E-state index in [-0.39, 0.29) is 0 Å². The zero-order valence-corrected chi connectivity index (χ0v) is 19.6. The van der Waals surface area contributed by atoms with Gasteiger partial charge < -0.3 is 15.2 Å². The molecule has 0 atom stereocenters. The summed E-state index contributed by atoms with van der Waals surface area (Å²) in [4.78, 5) is 17.7. The summed E-state index contributed by atoms with van der Waals surface area (Å²) in [5, 5.41) is 4.64. The Morgan fingerprint density at radius 3 is 2.46 bits per heavy atom. The van der Waals surface area contributed by atoms with Gasteiger partial charge in [-0.1, -0.05) is 60.7 Å². The smallest absolute Gasteiger partial charge is 0.227 e. The first-order valence-electron chi connectivity index (χ1n) is 12.1. The summed E-state index contributed by atoms with van der Waals surface area (Å²) in [6.45, 7) is 5.05. The van der Waals surface area contributed by atoms with Crippen LogP contribution in [0.5, 0.6) is 0 Å². The Bertz CT molecular complexity index is 1420. The summed E-state index contributed by atoms with van der Waals surface area (Å²) < 4.78 is 0. The van der Waals surface area contributed by atoms with Gasteiger partial charge >= 0.3 is 0 Å². The van der Waals surface area contributed by atoms with E-state index in [1.54, 1.807) is 0 Å². The lowest BCUT2D eigenvalue weighted by atomic mass is 10.1. The SMILES string of the molecule is c1ccc(CN2CCN(c3ccccc3Nc3nccc(-c4c[nH]c5ccccc45)n3)CC2)cc1. The molecule has 6 heteroatoms. The van der Waals surface area contributed by atoms with Crippen LogP contribution >= 0.6 is 0 Å². The molecule has 0 unspecified atom stereocenters. The van der Waals surface area contributed by atoms with E-state index in [1.807, 2.05) is 24.5 Å². The van der Waals surface area contributed by atoms with Gasteiger partial charge in [0.05, 0.1) is 17.1 Å². The summed E-state index contributed by atoms with van der Waals surface area (Å²) >= 11 is 0. The van der Waals surface area contributed by atoms with E-state index in [4.69, 9.17) is 4.98 Å². The van der Waals surface area contributed by atoms with Gasteiger partial charge in [0.15, 0.2) is 0 Å². The number of benzene rings is 3. The molecule has 3 heterocycles. The average Bonchev–Trinajstić information content (AvgIpc) is 3.35. The van der Waals surface area contributed by atoms with Gasteiger partial charge in [-0.25, -0.2) is 9.97 Å². The highest BCUT2D eigenvalue weighted by atomic mass is 15.3. The van der Waals surface area contributed by atoms with Crippen molar-refractivity contribution >= 4 is 28.2 Å². The first-order chi connectivity index (χ1) is 17.3. The van der Waals surface area contributed by atoms with Crippen LogP contribution in [0.4, 0.5) is 17.3 Å². The van der Waals surface area contributed by atoms with Crippen molar-refractivity contribution in [2.24, 2.45) is 0 Å². The number of H-pyrrole nitrogens is 1. The fraction of sp³-hybridized carbons (Fsp3) is 0.172. The minimum atomic E-state index is 0.600. The minimum Gasteiger partial charge on any atom is -0.367 e. The third-order valence-electron chi connectivity index (χ3n) is 6.63. The monoisotopic (exact) mass is 460 g/mol. The van der Waals surface area contributed by atoms with E-state index in [2.05, 4.69) is 97.9 Å². The summed E-state index contributed by atoms with van der Waals surface area (Å²) in [5.74, 6) is 0.600. The number of para-hydroxylation sites is 3. The van der Waals surface area contributed by atoms with E-state index in [0.717, 1.165) is 60.6 Å². The first kappa shape index (κ1) is 21.4. The van der Waals surface area contributed by atoms with Gasteiger partial charge in [0, 0.05) is 61.6 Å². The lowest BCUT2D eigenvalue weighted by Gasteiger charge is -2.37. The van der Waals surface area contributed by atoms with Crippen LogP contribution in [0.25, 0.3) is 22.2 Å². The van der Waals surface area contributed by atoms with Crippen molar-refractivity contribution in [2.75, 3.05) is 36.4 Å². The number of nitrogens with one attached hydrogen (secondary N) is 2. The van der Waals surface area contributed by atoms with Crippen LogP contribution in [0.15, 0.2) is 97.3 Å².